The van der Waals surface area contributed by atoms with E-state index in [4.69, 9.17) is 9.47 Å². The van der Waals surface area contributed by atoms with Crippen LogP contribution in [0.1, 0.15) is 40.5 Å². The van der Waals surface area contributed by atoms with E-state index in [2.05, 4.69) is 26.5 Å². The van der Waals surface area contributed by atoms with Crippen LogP contribution in [0.5, 0.6) is 0 Å². The SMILES string of the molecule is C=C/C=C\C=C/C(C)C.CC.COCC1CCC(=O)O1. The molecule has 1 fully saturated rings. The fourth-order valence-corrected chi connectivity index (χ4v) is 1.31. The lowest BCUT2D eigenvalue weighted by atomic mass is 10.2. The van der Waals surface area contributed by atoms with Crippen molar-refractivity contribution in [2.45, 2.75) is 46.6 Å². The fraction of sp³-hybridized carbons (Fsp3) is 0.588. The molecule has 0 radical (unpaired) electrons. The molecular weight excluding hydrogens is 252 g/mol. The average Bonchev–Trinajstić information content (AvgIpc) is 2.84. The lowest BCUT2D eigenvalue weighted by molar-refractivity contribution is -0.143. The van der Waals surface area contributed by atoms with E-state index in [0.29, 0.717) is 18.9 Å². The van der Waals surface area contributed by atoms with Crippen LogP contribution in [0.25, 0.3) is 0 Å². The normalized spacial score (nSPS) is 17.5. The van der Waals surface area contributed by atoms with Crippen molar-refractivity contribution < 1.29 is 14.3 Å². The first-order valence-corrected chi connectivity index (χ1v) is 7.24. The van der Waals surface area contributed by atoms with Crippen LogP contribution in [0.2, 0.25) is 0 Å². The Morgan fingerprint density at radius 2 is 2.00 bits per heavy atom. The molecular formula is C17H30O3. The van der Waals surface area contributed by atoms with Crippen molar-refractivity contribution >= 4 is 5.97 Å². The highest BCUT2D eigenvalue weighted by Crippen LogP contribution is 2.12. The third kappa shape index (κ3) is 14.7. The largest absolute Gasteiger partial charge is 0.460 e. The van der Waals surface area contributed by atoms with Crippen molar-refractivity contribution in [3.63, 3.8) is 0 Å². The maximum Gasteiger partial charge on any atom is 0.306 e. The Morgan fingerprint density at radius 1 is 1.35 bits per heavy atom. The van der Waals surface area contributed by atoms with Crippen molar-refractivity contribution in [2.24, 2.45) is 5.92 Å². The summed E-state index contributed by atoms with van der Waals surface area (Å²) < 4.78 is 9.63. The van der Waals surface area contributed by atoms with Gasteiger partial charge in [0.15, 0.2) is 0 Å². The third-order valence-electron chi connectivity index (χ3n) is 2.18. The Bertz CT molecular complexity index is 291. The molecule has 0 amide bonds. The van der Waals surface area contributed by atoms with E-state index in [-0.39, 0.29) is 12.1 Å². The maximum atomic E-state index is 10.5. The smallest absolute Gasteiger partial charge is 0.306 e. The first-order chi connectivity index (χ1) is 9.60. The topological polar surface area (TPSA) is 35.5 Å². The Balaban J connectivity index is 0. The number of hydrogen-bond acceptors (Lipinski definition) is 3. The summed E-state index contributed by atoms with van der Waals surface area (Å²) in [7, 11) is 1.60. The van der Waals surface area contributed by atoms with Gasteiger partial charge in [-0.15, -0.1) is 0 Å². The number of esters is 1. The molecule has 0 aromatic heterocycles. The molecule has 3 nitrogen and oxygen atoms in total. The van der Waals surface area contributed by atoms with Gasteiger partial charge >= 0.3 is 5.97 Å². The van der Waals surface area contributed by atoms with Crippen molar-refractivity contribution in [3.8, 4) is 0 Å². The van der Waals surface area contributed by atoms with E-state index < -0.39 is 0 Å². The van der Waals surface area contributed by atoms with Crippen LogP contribution in [-0.4, -0.2) is 25.8 Å². The molecule has 1 rings (SSSR count). The predicted octanol–water partition coefficient (Wildman–Crippen LogP) is 4.31. The molecule has 0 bridgehead atoms. The predicted molar refractivity (Wildman–Crippen MR) is 85.7 cm³/mol. The van der Waals surface area contributed by atoms with Crippen molar-refractivity contribution in [1.82, 2.24) is 0 Å². The average molecular weight is 282 g/mol. The van der Waals surface area contributed by atoms with E-state index in [1.54, 1.807) is 13.2 Å². The molecule has 0 spiro atoms. The van der Waals surface area contributed by atoms with E-state index in [9.17, 15) is 4.79 Å². The number of methoxy groups -OCH3 is 1. The lowest BCUT2D eigenvalue weighted by Gasteiger charge is -2.05. The molecule has 1 aliphatic rings. The quantitative estimate of drug-likeness (QED) is 0.557. The van der Waals surface area contributed by atoms with Crippen molar-refractivity contribution in [2.75, 3.05) is 13.7 Å². The highest BCUT2D eigenvalue weighted by atomic mass is 16.6. The molecule has 0 saturated carbocycles. The number of rotatable bonds is 5. The summed E-state index contributed by atoms with van der Waals surface area (Å²) in [6.07, 6.45) is 11.2. The summed E-state index contributed by atoms with van der Waals surface area (Å²) in [5.74, 6) is 0.538. The molecule has 1 aliphatic heterocycles. The van der Waals surface area contributed by atoms with Crippen LogP contribution in [0.4, 0.5) is 0 Å². The summed E-state index contributed by atoms with van der Waals surface area (Å²) in [5.41, 5.74) is 0. The second kappa shape index (κ2) is 15.7. The van der Waals surface area contributed by atoms with Gasteiger partial charge in [-0.3, -0.25) is 4.79 Å². The minimum absolute atomic E-state index is 0.0162. The second-order valence-electron chi connectivity index (χ2n) is 4.36. The number of ether oxygens (including phenoxy) is 2. The molecule has 0 N–H and O–H groups in total. The minimum atomic E-state index is -0.1000. The standard InChI is InChI=1S/C9H14.C6H10O3.C2H6/c1-4-5-6-7-8-9(2)3;1-8-4-5-2-3-6(7)9-5;1-2/h4-9H,1H2,2-3H3;5H,2-4H2,1H3;1-2H3/b6-5-,8-7-;;. The van der Waals surface area contributed by atoms with Crippen molar-refractivity contribution in [1.29, 1.82) is 0 Å². The molecule has 0 aliphatic carbocycles. The molecule has 116 valence electrons. The number of allylic oxidation sites excluding steroid dienone is 5. The lowest BCUT2D eigenvalue weighted by Crippen LogP contribution is -2.13. The molecule has 0 aromatic carbocycles. The van der Waals surface area contributed by atoms with Gasteiger partial charge in [-0.2, -0.15) is 0 Å². The van der Waals surface area contributed by atoms with E-state index in [1.165, 1.54) is 0 Å². The second-order valence-corrected chi connectivity index (χ2v) is 4.36. The van der Waals surface area contributed by atoms with Gasteiger partial charge < -0.3 is 9.47 Å². The molecule has 1 heterocycles. The highest BCUT2D eigenvalue weighted by molar-refractivity contribution is 5.71. The Hall–Kier alpha value is -1.35. The summed E-state index contributed by atoms with van der Waals surface area (Å²) in [5, 5.41) is 0. The zero-order chi connectivity index (χ0) is 15.8. The number of carbonyl (C=O) groups excluding carboxylic acids is 1. The van der Waals surface area contributed by atoms with Crippen molar-refractivity contribution in [3.05, 3.63) is 37.0 Å². The number of carbonyl (C=O) groups is 1. The molecule has 3 heteroatoms. The van der Waals surface area contributed by atoms with Crippen LogP contribution >= 0.6 is 0 Å². The van der Waals surface area contributed by atoms with Gasteiger partial charge in [-0.1, -0.05) is 64.7 Å². The zero-order valence-electron chi connectivity index (χ0n) is 13.6. The molecule has 0 aromatic rings. The van der Waals surface area contributed by atoms with Crippen LogP contribution < -0.4 is 0 Å². The molecule has 1 unspecified atom stereocenters. The van der Waals surface area contributed by atoms with Crippen LogP contribution in [-0.2, 0) is 14.3 Å². The van der Waals surface area contributed by atoms with E-state index in [1.807, 2.05) is 32.1 Å². The Morgan fingerprint density at radius 3 is 2.40 bits per heavy atom. The Kier molecular flexibility index (Phi) is 16.5. The molecule has 20 heavy (non-hydrogen) atoms. The van der Waals surface area contributed by atoms with Gasteiger partial charge in [0, 0.05) is 13.5 Å². The van der Waals surface area contributed by atoms with Crippen LogP contribution in [0.15, 0.2) is 37.0 Å². The van der Waals surface area contributed by atoms with Gasteiger partial charge in [-0.25, -0.2) is 0 Å². The minimum Gasteiger partial charge on any atom is -0.460 e. The third-order valence-corrected chi connectivity index (χ3v) is 2.18. The molecule has 1 saturated heterocycles. The first-order valence-electron chi connectivity index (χ1n) is 7.24. The summed E-state index contributed by atoms with van der Waals surface area (Å²) in [4.78, 5) is 10.5. The summed E-state index contributed by atoms with van der Waals surface area (Å²) >= 11 is 0. The highest BCUT2D eigenvalue weighted by Gasteiger charge is 2.22. The van der Waals surface area contributed by atoms with E-state index in [0.717, 1.165) is 6.42 Å². The summed E-state index contributed by atoms with van der Waals surface area (Å²) in [6, 6.07) is 0. The Labute approximate surface area is 124 Å². The fourth-order valence-electron chi connectivity index (χ4n) is 1.31. The zero-order valence-corrected chi connectivity index (χ0v) is 13.6. The van der Waals surface area contributed by atoms with Gasteiger partial charge in [-0.05, 0) is 12.3 Å². The van der Waals surface area contributed by atoms with Crippen LogP contribution in [0.3, 0.4) is 0 Å². The maximum absolute atomic E-state index is 10.5. The number of hydrogen-bond donors (Lipinski definition) is 0. The van der Waals surface area contributed by atoms with Gasteiger partial charge in [0.2, 0.25) is 0 Å². The number of cyclic esters (lactones) is 1. The summed E-state index contributed by atoms with van der Waals surface area (Å²) in [6.45, 7) is 12.4. The van der Waals surface area contributed by atoms with E-state index >= 15 is 0 Å². The van der Waals surface area contributed by atoms with Crippen LogP contribution in [0, 0.1) is 5.92 Å². The van der Waals surface area contributed by atoms with Gasteiger partial charge in [0.05, 0.1) is 6.61 Å². The monoisotopic (exact) mass is 282 g/mol. The molecule has 1 atom stereocenters. The van der Waals surface area contributed by atoms with Gasteiger partial charge in [0.25, 0.3) is 0 Å². The van der Waals surface area contributed by atoms with Gasteiger partial charge in [0.1, 0.15) is 6.10 Å². The first kappa shape index (κ1) is 21.0.